The third-order valence-electron chi connectivity index (χ3n) is 3.82. The standard InChI is InChI=1S/C22H27N3O5/c1-3-15-29-19-9-7-18(16-20(19)28-4-2)8-10-22(27)30-17-21(26)25(13-5-11-23)14-6-12-24/h7-10,16H,3-6,13-15,17H2,1-2H3/b10-8+. The van der Waals surface area contributed by atoms with Crippen LogP contribution >= 0.6 is 0 Å². The lowest BCUT2D eigenvalue weighted by Gasteiger charge is -2.19. The van der Waals surface area contributed by atoms with E-state index in [9.17, 15) is 9.59 Å². The largest absolute Gasteiger partial charge is 0.490 e. The number of carbonyl (C=O) groups excluding carboxylic acids is 2. The van der Waals surface area contributed by atoms with Crippen LogP contribution in [0.15, 0.2) is 24.3 Å². The van der Waals surface area contributed by atoms with Gasteiger partial charge < -0.3 is 19.1 Å². The molecule has 160 valence electrons. The summed E-state index contributed by atoms with van der Waals surface area (Å²) in [6.45, 7) is 4.88. The highest BCUT2D eigenvalue weighted by atomic mass is 16.5. The maximum atomic E-state index is 12.1. The van der Waals surface area contributed by atoms with E-state index >= 15 is 0 Å². The summed E-state index contributed by atoms with van der Waals surface area (Å²) in [6, 6.07) is 9.21. The highest BCUT2D eigenvalue weighted by Crippen LogP contribution is 2.29. The molecule has 0 bridgehead atoms. The summed E-state index contributed by atoms with van der Waals surface area (Å²) in [4.78, 5) is 25.4. The zero-order valence-corrected chi connectivity index (χ0v) is 17.4. The van der Waals surface area contributed by atoms with Crippen LogP contribution in [0.1, 0.15) is 38.7 Å². The van der Waals surface area contributed by atoms with Gasteiger partial charge in [0.15, 0.2) is 18.1 Å². The lowest BCUT2D eigenvalue weighted by Crippen LogP contribution is -2.36. The molecule has 0 fully saturated rings. The van der Waals surface area contributed by atoms with Crippen LogP contribution in [0, 0.1) is 22.7 Å². The average molecular weight is 413 g/mol. The fraction of sp³-hybridized carbons (Fsp3) is 0.455. The molecule has 0 spiro atoms. The van der Waals surface area contributed by atoms with Crippen molar-refractivity contribution in [1.82, 2.24) is 4.90 Å². The van der Waals surface area contributed by atoms with E-state index in [4.69, 9.17) is 24.7 Å². The lowest BCUT2D eigenvalue weighted by molar-refractivity contribution is -0.148. The highest BCUT2D eigenvalue weighted by Gasteiger charge is 2.14. The molecule has 0 saturated carbocycles. The third-order valence-corrected chi connectivity index (χ3v) is 3.82. The van der Waals surface area contributed by atoms with Gasteiger partial charge in [-0.3, -0.25) is 4.79 Å². The second kappa shape index (κ2) is 14.5. The molecule has 0 unspecified atom stereocenters. The van der Waals surface area contributed by atoms with Gasteiger partial charge in [0.2, 0.25) is 0 Å². The minimum Gasteiger partial charge on any atom is -0.490 e. The van der Waals surface area contributed by atoms with E-state index in [1.165, 1.54) is 11.0 Å². The van der Waals surface area contributed by atoms with Crippen molar-refractivity contribution in [1.29, 1.82) is 10.5 Å². The van der Waals surface area contributed by atoms with Crippen LogP contribution in [-0.2, 0) is 14.3 Å². The van der Waals surface area contributed by atoms with Gasteiger partial charge in [-0.2, -0.15) is 10.5 Å². The molecule has 0 aliphatic heterocycles. The van der Waals surface area contributed by atoms with E-state index in [-0.39, 0.29) is 25.9 Å². The van der Waals surface area contributed by atoms with Gasteiger partial charge in [0.1, 0.15) is 0 Å². The Balaban J connectivity index is 2.66. The molecular formula is C22H27N3O5. The summed E-state index contributed by atoms with van der Waals surface area (Å²) in [5.41, 5.74) is 0.718. The van der Waals surface area contributed by atoms with Crippen molar-refractivity contribution in [2.45, 2.75) is 33.1 Å². The van der Waals surface area contributed by atoms with Crippen LogP contribution in [0.5, 0.6) is 11.5 Å². The van der Waals surface area contributed by atoms with Crippen LogP contribution in [0.2, 0.25) is 0 Å². The molecule has 0 atom stereocenters. The number of amides is 1. The summed E-state index contributed by atoms with van der Waals surface area (Å²) >= 11 is 0. The predicted octanol–water partition coefficient (Wildman–Crippen LogP) is 3.09. The van der Waals surface area contributed by atoms with Gasteiger partial charge in [-0.1, -0.05) is 13.0 Å². The Morgan fingerprint density at radius 2 is 1.77 bits per heavy atom. The Kier molecular flexibility index (Phi) is 11.8. The summed E-state index contributed by atoms with van der Waals surface area (Å²) in [7, 11) is 0. The van der Waals surface area contributed by atoms with E-state index in [1.54, 1.807) is 24.3 Å². The summed E-state index contributed by atoms with van der Waals surface area (Å²) < 4.78 is 16.2. The molecule has 30 heavy (non-hydrogen) atoms. The number of hydrogen-bond donors (Lipinski definition) is 0. The van der Waals surface area contributed by atoms with Crippen molar-refractivity contribution < 1.29 is 23.8 Å². The average Bonchev–Trinajstić information content (AvgIpc) is 2.75. The zero-order chi connectivity index (χ0) is 22.2. The van der Waals surface area contributed by atoms with Crippen LogP contribution < -0.4 is 9.47 Å². The van der Waals surface area contributed by atoms with Crippen molar-refractivity contribution in [3.8, 4) is 23.6 Å². The highest BCUT2D eigenvalue weighted by molar-refractivity contribution is 5.89. The second-order valence-corrected chi connectivity index (χ2v) is 6.13. The molecule has 0 radical (unpaired) electrons. The molecule has 0 aromatic heterocycles. The molecule has 8 heteroatoms. The van der Waals surface area contributed by atoms with Gasteiger partial charge in [-0.25, -0.2) is 4.79 Å². The van der Waals surface area contributed by atoms with Gasteiger partial charge in [-0.05, 0) is 37.1 Å². The van der Waals surface area contributed by atoms with Gasteiger partial charge in [-0.15, -0.1) is 0 Å². The first-order valence-electron chi connectivity index (χ1n) is 9.81. The maximum absolute atomic E-state index is 12.1. The fourth-order valence-corrected chi connectivity index (χ4v) is 2.40. The minimum absolute atomic E-state index is 0.144. The van der Waals surface area contributed by atoms with E-state index < -0.39 is 18.5 Å². The fourth-order valence-electron chi connectivity index (χ4n) is 2.40. The Hall–Kier alpha value is -3.52. The maximum Gasteiger partial charge on any atom is 0.331 e. The molecule has 1 aromatic rings. The first-order chi connectivity index (χ1) is 14.5. The summed E-state index contributed by atoms with van der Waals surface area (Å²) in [6.07, 6.45) is 3.94. The van der Waals surface area contributed by atoms with Gasteiger partial charge in [0.25, 0.3) is 5.91 Å². The SMILES string of the molecule is CCCOc1ccc(/C=C/C(=O)OCC(=O)N(CCC#N)CCC#N)cc1OCC. The molecule has 0 N–H and O–H groups in total. The second-order valence-electron chi connectivity index (χ2n) is 6.13. The number of carbonyl (C=O) groups is 2. The van der Waals surface area contributed by atoms with Gasteiger partial charge >= 0.3 is 5.97 Å². The van der Waals surface area contributed by atoms with Crippen molar-refractivity contribution in [3.63, 3.8) is 0 Å². The van der Waals surface area contributed by atoms with Gasteiger partial charge in [0, 0.05) is 19.2 Å². The minimum atomic E-state index is -0.673. The predicted molar refractivity (Wildman–Crippen MR) is 110 cm³/mol. The molecule has 0 heterocycles. The number of esters is 1. The number of benzene rings is 1. The topological polar surface area (TPSA) is 113 Å². The third kappa shape index (κ3) is 9.11. The Morgan fingerprint density at radius 1 is 1.07 bits per heavy atom. The smallest absolute Gasteiger partial charge is 0.331 e. The molecule has 1 rings (SSSR count). The molecule has 0 saturated heterocycles. The monoisotopic (exact) mass is 413 g/mol. The number of nitriles is 2. The molecule has 1 amide bonds. The number of rotatable bonds is 13. The zero-order valence-electron chi connectivity index (χ0n) is 17.4. The van der Waals surface area contributed by atoms with Crippen molar-refractivity contribution in [2.75, 3.05) is 32.9 Å². The molecule has 1 aromatic carbocycles. The molecule has 0 aliphatic carbocycles. The first-order valence-corrected chi connectivity index (χ1v) is 9.81. The molecule has 0 aliphatic rings. The first kappa shape index (κ1) is 24.5. The van der Waals surface area contributed by atoms with E-state index in [0.29, 0.717) is 24.7 Å². The molecular weight excluding hydrogens is 386 g/mol. The Bertz CT molecular complexity index is 790. The number of hydrogen-bond acceptors (Lipinski definition) is 7. The Morgan fingerprint density at radius 3 is 2.37 bits per heavy atom. The van der Waals surface area contributed by atoms with Crippen LogP contribution in [-0.4, -0.2) is 49.7 Å². The van der Waals surface area contributed by atoms with Crippen molar-refractivity contribution in [3.05, 3.63) is 29.8 Å². The number of ether oxygens (including phenoxy) is 3. The lowest BCUT2D eigenvalue weighted by atomic mass is 10.2. The quantitative estimate of drug-likeness (QED) is 0.361. The van der Waals surface area contributed by atoms with Crippen LogP contribution in [0.4, 0.5) is 0 Å². The molecule has 8 nitrogen and oxygen atoms in total. The summed E-state index contributed by atoms with van der Waals surface area (Å²) in [5, 5.41) is 17.3. The summed E-state index contributed by atoms with van der Waals surface area (Å²) in [5.74, 6) is 0.104. The van der Waals surface area contributed by atoms with E-state index in [2.05, 4.69) is 0 Å². The van der Waals surface area contributed by atoms with E-state index in [1.807, 2.05) is 26.0 Å². The van der Waals surface area contributed by atoms with E-state index in [0.717, 1.165) is 12.0 Å². The van der Waals surface area contributed by atoms with Crippen LogP contribution in [0.25, 0.3) is 6.08 Å². The van der Waals surface area contributed by atoms with Crippen LogP contribution in [0.3, 0.4) is 0 Å². The van der Waals surface area contributed by atoms with Crippen molar-refractivity contribution in [2.24, 2.45) is 0 Å². The number of nitrogens with zero attached hydrogens (tertiary/aromatic N) is 3. The van der Waals surface area contributed by atoms with Crippen molar-refractivity contribution >= 4 is 18.0 Å². The Labute approximate surface area is 177 Å². The van der Waals surface area contributed by atoms with Gasteiger partial charge in [0.05, 0.1) is 38.2 Å². The normalized spacial score (nSPS) is 10.1.